The molecule has 5 amide bonds. The highest BCUT2D eigenvalue weighted by atomic mass is 16.5. The van der Waals surface area contributed by atoms with E-state index in [9.17, 15) is 29.7 Å². The lowest BCUT2D eigenvalue weighted by molar-refractivity contribution is 0.101. The molecule has 404 valence electrons. The molecule has 12 rings (SSSR count). The van der Waals surface area contributed by atoms with E-state index in [1.807, 2.05) is 78.9 Å². The molecule has 2 fully saturated rings. The molecule has 2 atom stereocenters. The quantitative estimate of drug-likeness (QED) is 0.0903. The third kappa shape index (κ3) is 9.70. The van der Waals surface area contributed by atoms with E-state index >= 15 is 0 Å². The van der Waals surface area contributed by atoms with Crippen LogP contribution in [0.2, 0.25) is 0 Å². The highest BCUT2D eigenvalue weighted by Crippen LogP contribution is 2.44. The first-order valence-electron chi connectivity index (χ1n) is 26.5. The van der Waals surface area contributed by atoms with Crippen LogP contribution in [0.5, 0.6) is 0 Å². The molecule has 0 spiro atoms. The molecule has 4 aliphatic rings. The normalized spacial score (nSPS) is 16.9. The molecule has 0 saturated carbocycles. The van der Waals surface area contributed by atoms with Gasteiger partial charge >= 0.3 is 6.03 Å². The molecular formula is C60H53N15O6. The van der Waals surface area contributed by atoms with Gasteiger partial charge in [0.15, 0.2) is 5.76 Å². The molecule has 2 saturated heterocycles. The van der Waals surface area contributed by atoms with Crippen LogP contribution < -0.4 is 36.4 Å². The Morgan fingerprint density at radius 2 is 1.09 bits per heavy atom. The van der Waals surface area contributed by atoms with Crippen molar-refractivity contribution in [3.8, 4) is 23.3 Å². The van der Waals surface area contributed by atoms with Crippen LogP contribution in [0.3, 0.4) is 0 Å². The van der Waals surface area contributed by atoms with Crippen molar-refractivity contribution in [2.45, 2.75) is 39.8 Å². The Balaban J connectivity index is 0.780. The minimum Gasteiger partial charge on any atom is -0.361 e. The molecule has 2 unspecified atom stereocenters. The van der Waals surface area contributed by atoms with Crippen molar-refractivity contribution in [1.29, 1.82) is 10.5 Å². The van der Waals surface area contributed by atoms with Crippen LogP contribution in [-0.4, -0.2) is 106 Å². The fourth-order valence-electron chi connectivity index (χ4n) is 11.6. The molecule has 4 aromatic carbocycles. The number of urea groups is 1. The first-order chi connectivity index (χ1) is 39.3. The smallest absolute Gasteiger partial charge is 0.323 e. The first kappa shape index (κ1) is 51.5. The average molecular weight is 1080 g/mol. The zero-order valence-electron chi connectivity index (χ0n) is 44.6. The number of rotatable bonds is 9. The van der Waals surface area contributed by atoms with Crippen LogP contribution in [0.1, 0.15) is 99.4 Å². The van der Waals surface area contributed by atoms with Crippen molar-refractivity contribution in [2.75, 3.05) is 88.7 Å². The maximum Gasteiger partial charge on any atom is 0.323 e. The third-order valence-corrected chi connectivity index (χ3v) is 15.5. The number of amides is 5. The molecule has 21 nitrogen and oxygen atoms in total. The molecule has 21 heteroatoms. The zero-order valence-corrected chi connectivity index (χ0v) is 44.6. The van der Waals surface area contributed by atoms with E-state index in [4.69, 9.17) is 9.05 Å². The van der Waals surface area contributed by atoms with Gasteiger partial charge in [-0.25, -0.2) is 14.8 Å². The average Bonchev–Trinajstić information content (AvgIpc) is 4.19. The van der Waals surface area contributed by atoms with Crippen LogP contribution in [0.15, 0.2) is 119 Å². The number of aryl methyl sites for hydroxylation is 4. The second-order valence-corrected chi connectivity index (χ2v) is 20.4. The second kappa shape index (κ2) is 21.2. The number of pyridine rings is 2. The number of nitriles is 2. The molecule has 4 aliphatic heterocycles. The monoisotopic (exact) mass is 1080 g/mol. The van der Waals surface area contributed by atoms with Gasteiger partial charge in [0.2, 0.25) is 0 Å². The number of hydrogen-bond acceptors (Lipinski definition) is 16. The Morgan fingerprint density at radius 1 is 0.568 bits per heavy atom. The fourth-order valence-corrected chi connectivity index (χ4v) is 11.6. The van der Waals surface area contributed by atoms with E-state index in [2.05, 4.69) is 84.7 Å². The summed E-state index contributed by atoms with van der Waals surface area (Å²) in [7, 11) is 0. The lowest BCUT2D eigenvalue weighted by Gasteiger charge is -2.40. The van der Waals surface area contributed by atoms with E-state index in [1.54, 1.807) is 46.0 Å². The van der Waals surface area contributed by atoms with Gasteiger partial charge in [0, 0.05) is 74.9 Å². The Bertz CT molecular complexity index is 3910. The van der Waals surface area contributed by atoms with Crippen molar-refractivity contribution in [1.82, 2.24) is 30.1 Å². The van der Waals surface area contributed by atoms with Crippen LogP contribution in [-0.2, 0) is 0 Å². The van der Waals surface area contributed by atoms with Gasteiger partial charge in [0.05, 0.1) is 52.7 Å². The Hall–Kier alpha value is -10.2. The number of carbonyl (C=O) groups is 4. The SMILES string of the molecule is Cc1noc(C)c1NC(=O)Nc1cnc(N2CCN(C3c4ccccc4NC(=O)c4cc(-c5ccc6c(c5)NC(=O)c5ccccc5C6N5CCN(c6ncc(NC(=O)c7c(C)noc7C)cc6C#N)CC5)ccc43)CC2)c(C#N)c1. The number of benzene rings is 4. The standard InChI is InChI=1S/C60H53N15O6/c1-33-51(35(3)80-70-33)59(78)65-41-25-39(29-61)55(63-31-41)74-21-17-72(18-22-74)53-43-9-5-6-10-45(43)57(76)68-50-28-38(14-16-47(50)53)37-13-15-44-48(27-37)58(77)67-49-12-8-7-11-46(49)54(44)73-19-23-75(24-20-73)56-40(30-62)26-42(32-64-56)66-60(79)69-52-34(2)71-81-36(52)4/h5-16,25-28,31-32,53-54H,17-24H2,1-4H3,(H,65,78)(H,67,77)(H,68,76)(H2,66,69,79). The molecule has 81 heavy (non-hydrogen) atoms. The molecule has 5 N–H and O–H groups in total. The van der Waals surface area contributed by atoms with E-state index in [1.165, 1.54) is 6.20 Å². The highest BCUT2D eigenvalue weighted by Gasteiger charge is 2.37. The predicted octanol–water partition coefficient (Wildman–Crippen LogP) is 8.95. The van der Waals surface area contributed by atoms with E-state index in [-0.39, 0.29) is 23.9 Å². The van der Waals surface area contributed by atoms with Gasteiger partial charge in [0.25, 0.3) is 17.7 Å². The van der Waals surface area contributed by atoms with Gasteiger partial charge < -0.3 is 45.4 Å². The largest absolute Gasteiger partial charge is 0.361 e. The number of nitrogens with one attached hydrogen (secondary N) is 5. The lowest BCUT2D eigenvalue weighted by atomic mass is 9.89. The van der Waals surface area contributed by atoms with Crippen molar-refractivity contribution >= 4 is 63.8 Å². The summed E-state index contributed by atoms with van der Waals surface area (Å²) in [5, 5.41) is 43.0. The summed E-state index contributed by atoms with van der Waals surface area (Å²) >= 11 is 0. The lowest BCUT2D eigenvalue weighted by Crippen LogP contribution is -2.48. The van der Waals surface area contributed by atoms with Crippen molar-refractivity contribution < 1.29 is 28.2 Å². The third-order valence-electron chi connectivity index (χ3n) is 15.5. The summed E-state index contributed by atoms with van der Waals surface area (Å²) in [6, 6.07) is 34.3. The number of para-hydroxylation sites is 1. The molecule has 8 heterocycles. The second-order valence-electron chi connectivity index (χ2n) is 20.4. The summed E-state index contributed by atoms with van der Waals surface area (Å²) in [6.45, 7) is 11.3. The summed E-state index contributed by atoms with van der Waals surface area (Å²) in [5.74, 6) is 1.04. The number of piperazine rings is 2. The van der Waals surface area contributed by atoms with E-state index in [0.717, 1.165) is 39.1 Å². The fraction of sp³-hybridized carbons (Fsp3) is 0.233. The molecule has 8 aromatic rings. The highest BCUT2D eigenvalue weighted by molar-refractivity contribution is 6.09. The molecule has 0 aliphatic carbocycles. The maximum atomic E-state index is 14.4. The number of aromatic nitrogens is 4. The maximum absolute atomic E-state index is 14.4. The van der Waals surface area contributed by atoms with Crippen LogP contribution in [0, 0.1) is 50.4 Å². The Kier molecular flexibility index (Phi) is 13.5. The van der Waals surface area contributed by atoms with Crippen molar-refractivity contribution in [3.05, 3.63) is 182 Å². The van der Waals surface area contributed by atoms with Crippen LogP contribution >= 0.6 is 0 Å². The van der Waals surface area contributed by atoms with Crippen molar-refractivity contribution in [2.24, 2.45) is 0 Å². The number of fused-ring (bicyclic) bond motifs is 4. The first-order valence-corrected chi connectivity index (χ1v) is 26.5. The molecule has 0 radical (unpaired) electrons. The van der Waals surface area contributed by atoms with Gasteiger partial charge in [-0.3, -0.25) is 24.2 Å². The summed E-state index contributed by atoms with van der Waals surface area (Å²) in [5.41, 5.74) is 10.9. The van der Waals surface area contributed by atoms with Gasteiger partial charge in [0.1, 0.15) is 46.5 Å². The topological polar surface area (TPSA) is 267 Å². The minimum atomic E-state index is -0.521. The molecular weight excluding hydrogens is 1030 g/mol. The molecule has 4 aromatic heterocycles. The Morgan fingerprint density at radius 3 is 1.69 bits per heavy atom. The predicted molar refractivity (Wildman–Crippen MR) is 302 cm³/mol. The van der Waals surface area contributed by atoms with Gasteiger partial charge in [-0.1, -0.05) is 71.0 Å². The van der Waals surface area contributed by atoms with Gasteiger partial charge in [-0.2, -0.15) is 10.5 Å². The summed E-state index contributed by atoms with van der Waals surface area (Å²) in [6.07, 6.45) is 3.08. The minimum absolute atomic E-state index is 0.222. The van der Waals surface area contributed by atoms with Crippen LogP contribution in [0.4, 0.5) is 44.9 Å². The number of anilines is 7. The van der Waals surface area contributed by atoms with Gasteiger partial charge in [-0.05, 0) is 97.5 Å². The number of carbonyl (C=O) groups excluding carboxylic acids is 4. The molecule has 0 bridgehead atoms. The van der Waals surface area contributed by atoms with Gasteiger partial charge in [-0.15, -0.1) is 0 Å². The van der Waals surface area contributed by atoms with E-state index in [0.29, 0.717) is 137 Å². The summed E-state index contributed by atoms with van der Waals surface area (Å²) in [4.78, 5) is 72.6. The number of nitrogens with zero attached hydrogens (tertiary/aromatic N) is 10. The zero-order chi connectivity index (χ0) is 56.1. The van der Waals surface area contributed by atoms with Crippen LogP contribution in [0.25, 0.3) is 11.1 Å². The summed E-state index contributed by atoms with van der Waals surface area (Å²) < 4.78 is 10.3. The van der Waals surface area contributed by atoms with Crippen molar-refractivity contribution in [3.63, 3.8) is 0 Å². The Labute approximate surface area is 465 Å². The number of hydrogen-bond donors (Lipinski definition) is 5. The van der Waals surface area contributed by atoms with E-state index < -0.39 is 11.9 Å².